The minimum atomic E-state index is -3.34. The van der Waals surface area contributed by atoms with Crippen LogP contribution in [0.15, 0.2) is 35.4 Å². The van der Waals surface area contributed by atoms with Crippen LogP contribution in [0, 0.1) is 11.3 Å². The zero-order chi connectivity index (χ0) is 21.0. The van der Waals surface area contributed by atoms with Crippen molar-refractivity contribution in [1.82, 2.24) is 9.97 Å². The second kappa shape index (κ2) is 6.81. The van der Waals surface area contributed by atoms with E-state index in [0.717, 1.165) is 35.1 Å². The molecule has 2 aromatic heterocycles. The van der Waals surface area contributed by atoms with Gasteiger partial charge >= 0.3 is 3.93 Å². The molecule has 2 aromatic rings. The van der Waals surface area contributed by atoms with Crippen LogP contribution in [0.4, 0.5) is 20.2 Å². The lowest BCUT2D eigenvalue weighted by Crippen LogP contribution is -2.55. The number of rotatable bonds is 3. The molecule has 1 N–H and O–H groups in total. The van der Waals surface area contributed by atoms with Gasteiger partial charge in [0.15, 0.2) is 10.8 Å². The molecule has 3 heterocycles. The summed E-state index contributed by atoms with van der Waals surface area (Å²) in [7, 11) is 0. The lowest BCUT2D eigenvalue weighted by atomic mass is 9.75. The molecule has 0 unspecified atom stereocenters. The van der Waals surface area contributed by atoms with E-state index in [1.54, 1.807) is 17.0 Å². The molecular weight excluding hydrogens is 515 g/mol. The average Bonchev–Trinajstić information content (AvgIpc) is 2.88. The van der Waals surface area contributed by atoms with E-state index in [4.69, 9.17) is 17.5 Å². The van der Waals surface area contributed by atoms with Gasteiger partial charge < -0.3 is 9.88 Å². The summed E-state index contributed by atoms with van der Waals surface area (Å²) in [5.74, 6) is -0.339. The summed E-state index contributed by atoms with van der Waals surface area (Å²) >= 11 is 6.46. The highest BCUT2D eigenvalue weighted by Crippen LogP contribution is 2.48. The lowest BCUT2D eigenvalue weighted by Gasteiger charge is -2.42. The zero-order valence-corrected chi connectivity index (χ0v) is 17.6. The number of hydrogen-bond acceptors (Lipinski definition) is 5. The third-order valence-electron chi connectivity index (χ3n) is 5.16. The summed E-state index contributed by atoms with van der Waals surface area (Å²) < 4.78 is 24.6. The summed E-state index contributed by atoms with van der Waals surface area (Å²) in [5.41, 5.74) is -1.61. The normalized spacial score (nSPS) is 18.1. The van der Waals surface area contributed by atoms with E-state index >= 15 is 0 Å². The highest BCUT2D eigenvalue weighted by atomic mass is 127. The van der Waals surface area contributed by atoms with Gasteiger partial charge in [-0.15, -0.1) is 0 Å². The van der Waals surface area contributed by atoms with Crippen LogP contribution in [0.5, 0.6) is 0 Å². The minimum Gasteiger partial charge on any atom is -0.327 e. The Kier molecular flexibility index (Phi) is 4.66. The van der Waals surface area contributed by atoms with Crippen LogP contribution >= 0.6 is 34.8 Å². The second-order valence-electron chi connectivity index (χ2n) is 6.75. The highest BCUT2D eigenvalue weighted by molar-refractivity contribution is 14.1. The molecule has 0 bridgehead atoms. The van der Waals surface area contributed by atoms with Gasteiger partial charge in [-0.1, -0.05) is 0 Å². The Morgan fingerprint density at radius 2 is 2.03 bits per heavy atom. The predicted molar refractivity (Wildman–Crippen MR) is 113 cm³/mol. The largest absolute Gasteiger partial charge is 0.327 e. The van der Waals surface area contributed by atoms with Crippen LogP contribution in [0.1, 0.15) is 30.5 Å². The number of pyridine rings is 2. The average molecular weight is 527 g/mol. The zero-order valence-electron chi connectivity index (χ0n) is 14.7. The maximum atomic E-state index is 14.0. The first-order chi connectivity index (χ1) is 13.7. The molecule has 11 heteroatoms. The number of thiocarbonyl (C=S) groups is 1. The monoisotopic (exact) mass is 527 g/mol. The number of nitriles is 1. The highest BCUT2D eigenvalue weighted by Gasteiger charge is 2.59. The molecule has 2 fully saturated rings. The third kappa shape index (κ3) is 3.01. The Labute approximate surface area is 182 Å². The number of nitrogens with one attached hydrogen (secondary N) is 1. The first-order valence-corrected chi connectivity index (χ1v) is 10.0. The topological polar surface area (TPSA) is 93.1 Å². The third-order valence-corrected chi connectivity index (χ3v) is 6.11. The van der Waals surface area contributed by atoms with Gasteiger partial charge in [-0.3, -0.25) is 14.5 Å². The number of alkyl halides is 3. The summed E-state index contributed by atoms with van der Waals surface area (Å²) in [6.45, 7) is 0. The molecule has 1 saturated heterocycles. The number of amides is 1. The molecule has 29 heavy (non-hydrogen) atoms. The molecule has 1 aliphatic carbocycles. The van der Waals surface area contributed by atoms with Crippen molar-refractivity contribution in [3.63, 3.8) is 0 Å². The van der Waals surface area contributed by atoms with Crippen LogP contribution < -0.4 is 15.4 Å². The molecular formula is C18H12F2IN5O2S. The van der Waals surface area contributed by atoms with Crippen molar-refractivity contribution in [1.29, 1.82) is 5.26 Å². The summed E-state index contributed by atoms with van der Waals surface area (Å²) in [4.78, 5) is 34.0. The quantitative estimate of drug-likeness (QED) is 0.375. The summed E-state index contributed by atoms with van der Waals surface area (Å²) in [6.07, 6.45) is 4.55. The standard InChI is InChI=1S/C18H12F2IN5O2S/c19-18(20,21)12-6-11(9-23-13(12)7-22)25-15(28)17(4-1-5-17)26(16(25)29)10-2-3-14(27)24-8-10/h2-3,6,8-9H,1,4-5H2,(H,24,27). The molecule has 2 aliphatic rings. The number of carbonyl (C=O) groups excluding carboxylic acids is 1. The fourth-order valence-corrected chi connectivity index (χ4v) is 4.51. The van der Waals surface area contributed by atoms with Crippen LogP contribution in [-0.4, -0.2) is 26.5 Å². The molecule has 1 aliphatic heterocycles. The van der Waals surface area contributed by atoms with Crippen molar-refractivity contribution in [3.8, 4) is 6.07 Å². The van der Waals surface area contributed by atoms with Crippen molar-refractivity contribution in [2.75, 3.05) is 9.80 Å². The van der Waals surface area contributed by atoms with E-state index in [0.29, 0.717) is 18.5 Å². The van der Waals surface area contributed by atoms with Crippen molar-refractivity contribution in [2.45, 2.75) is 28.7 Å². The fraction of sp³-hybridized carbons (Fsp3) is 0.278. The Morgan fingerprint density at radius 3 is 2.55 bits per heavy atom. The molecule has 0 aromatic carbocycles. The van der Waals surface area contributed by atoms with Gasteiger partial charge in [0.05, 0.1) is 23.1 Å². The molecule has 1 saturated carbocycles. The van der Waals surface area contributed by atoms with E-state index in [9.17, 15) is 18.4 Å². The number of anilines is 2. The number of hydrogen-bond donors (Lipinski definition) is 1. The van der Waals surface area contributed by atoms with Gasteiger partial charge in [0.1, 0.15) is 11.6 Å². The smallest absolute Gasteiger partial charge is 0.324 e. The van der Waals surface area contributed by atoms with E-state index in [2.05, 4.69) is 9.97 Å². The number of aromatic nitrogens is 2. The first kappa shape index (κ1) is 19.8. The first-order valence-electron chi connectivity index (χ1n) is 8.54. The number of halogens is 3. The van der Waals surface area contributed by atoms with Crippen LogP contribution in [0.2, 0.25) is 0 Å². The Bertz CT molecular complexity index is 1120. The predicted octanol–water partition coefficient (Wildman–Crippen LogP) is 3.19. The van der Waals surface area contributed by atoms with Gasteiger partial charge in [-0.05, 0) is 43.6 Å². The van der Waals surface area contributed by atoms with Crippen LogP contribution in [0.3, 0.4) is 0 Å². The number of H-pyrrole nitrogens is 1. The number of aromatic amines is 1. The molecule has 0 radical (unpaired) electrons. The van der Waals surface area contributed by atoms with Crippen molar-refractivity contribution < 1.29 is 13.6 Å². The van der Waals surface area contributed by atoms with Gasteiger partial charge in [0, 0.05) is 34.9 Å². The van der Waals surface area contributed by atoms with E-state index in [1.807, 2.05) is 0 Å². The molecule has 0 atom stereocenters. The molecule has 7 nitrogen and oxygen atoms in total. The van der Waals surface area contributed by atoms with Gasteiger partial charge in [0.2, 0.25) is 5.56 Å². The van der Waals surface area contributed by atoms with Gasteiger partial charge in [0.25, 0.3) is 5.91 Å². The van der Waals surface area contributed by atoms with E-state index < -0.39 is 20.7 Å². The maximum absolute atomic E-state index is 14.0. The van der Waals surface area contributed by atoms with Crippen molar-refractivity contribution in [2.24, 2.45) is 0 Å². The van der Waals surface area contributed by atoms with Gasteiger partial charge in [-0.25, -0.2) is 4.98 Å². The fourth-order valence-electron chi connectivity index (χ4n) is 3.63. The maximum Gasteiger partial charge on any atom is 0.324 e. The van der Waals surface area contributed by atoms with Crippen molar-refractivity contribution in [3.05, 3.63) is 52.2 Å². The Morgan fingerprint density at radius 1 is 1.31 bits per heavy atom. The minimum absolute atomic E-state index is 0.0727. The number of carbonyl (C=O) groups is 1. The van der Waals surface area contributed by atoms with Gasteiger partial charge in [-0.2, -0.15) is 14.0 Å². The SMILES string of the molecule is N#Cc1ncc(N2C(=O)C3(CCC3)N(c3ccc(=O)[nH]c3)C2=S)cc1C(F)(F)I. The molecule has 4 rings (SSSR count). The molecule has 148 valence electrons. The summed E-state index contributed by atoms with van der Waals surface area (Å²) in [5, 5.41) is 9.20. The van der Waals surface area contributed by atoms with E-state index in [1.165, 1.54) is 23.4 Å². The van der Waals surface area contributed by atoms with E-state index in [-0.39, 0.29) is 22.3 Å². The summed E-state index contributed by atoms with van der Waals surface area (Å²) in [6, 6.07) is 5.61. The Balaban J connectivity index is 1.83. The lowest BCUT2D eigenvalue weighted by molar-refractivity contribution is -0.123. The molecule has 1 amide bonds. The molecule has 1 spiro atoms. The van der Waals surface area contributed by atoms with Crippen LogP contribution in [-0.2, 0) is 8.72 Å². The Hall–Kier alpha value is -2.46. The van der Waals surface area contributed by atoms with Crippen molar-refractivity contribution >= 4 is 57.2 Å². The number of nitrogens with zero attached hydrogens (tertiary/aromatic N) is 4. The van der Waals surface area contributed by atoms with Crippen LogP contribution in [0.25, 0.3) is 0 Å². The second-order valence-corrected chi connectivity index (χ2v) is 8.47.